The summed E-state index contributed by atoms with van der Waals surface area (Å²) in [6, 6.07) is 14.7. The molecule has 0 bridgehead atoms. The van der Waals surface area contributed by atoms with Gasteiger partial charge in [-0.1, -0.05) is 53.3 Å². The number of ketones is 1. The minimum absolute atomic E-state index is 0.00942. The molecule has 1 unspecified atom stereocenters. The molecule has 3 aromatic heterocycles. The number of hydrogen-bond acceptors (Lipinski definition) is 6. The van der Waals surface area contributed by atoms with Crippen molar-refractivity contribution in [2.75, 3.05) is 4.90 Å². The first-order valence-electron chi connectivity index (χ1n) is 12.4. The summed E-state index contributed by atoms with van der Waals surface area (Å²) in [6.45, 7) is 9.75. The lowest BCUT2D eigenvalue weighted by Gasteiger charge is -2.23. The molecular weight excluding hydrogens is 496 g/mol. The SMILES string of the molecule is Cc1ccc(C2C(=C(O)c3nc4c(C)cccn4c3C)C(=O)C(=O)N2c2nc3c(C)cc(C)cc3s2)cc1. The molecule has 5 aromatic rings. The fraction of sp³-hybridized carbons (Fsp3) is 0.200. The molecule has 1 N–H and O–H groups in total. The fourth-order valence-corrected chi connectivity index (χ4v) is 6.40. The second kappa shape index (κ2) is 8.63. The molecule has 8 heteroatoms. The Kier molecular flexibility index (Phi) is 5.47. The molecule has 1 amide bonds. The van der Waals surface area contributed by atoms with Crippen molar-refractivity contribution in [1.29, 1.82) is 0 Å². The number of fused-ring (bicyclic) bond motifs is 2. The Balaban J connectivity index is 1.60. The van der Waals surface area contributed by atoms with Gasteiger partial charge in [0, 0.05) is 6.20 Å². The highest BCUT2D eigenvalue weighted by atomic mass is 32.1. The van der Waals surface area contributed by atoms with Gasteiger partial charge in [-0.2, -0.15) is 0 Å². The zero-order valence-electron chi connectivity index (χ0n) is 21.7. The van der Waals surface area contributed by atoms with Crippen LogP contribution in [-0.4, -0.2) is 31.2 Å². The smallest absolute Gasteiger partial charge is 0.301 e. The van der Waals surface area contributed by atoms with Gasteiger partial charge in [-0.05, 0) is 69.0 Å². The maximum atomic E-state index is 13.6. The number of benzene rings is 2. The number of imidazole rings is 1. The Morgan fingerprint density at radius 2 is 1.66 bits per heavy atom. The molecule has 38 heavy (non-hydrogen) atoms. The van der Waals surface area contributed by atoms with E-state index in [1.165, 1.54) is 16.2 Å². The van der Waals surface area contributed by atoms with Crippen LogP contribution in [0.25, 0.3) is 21.6 Å². The van der Waals surface area contributed by atoms with E-state index in [1.54, 1.807) is 0 Å². The quantitative estimate of drug-likeness (QED) is 0.175. The number of hydrogen-bond donors (Lipinski definition) is 1. The van der Waals surface area contributed by atoms with Crippen LogP contribution in [0.3, 0.4) is 0 Å². The predicted molar refractivity (Wildman–Crippen MR) is 150 cm³/mol. The number of aryl methyl sites for hydroxylation is 5. The standard InChI is InChI=1S/C30H26N4O3S/c1-15-8-10-20(11-9-15)25-22(26(35)24-19(5)33-12-6-7-17(3)28(33)31-24)27(36)29(37)34(25)30-32-23-18(4)13-16(2)14-21(23)38-30/h6-14,25,35H,1-5H3. The lowest BCUT2D eigenvalue weighted by Crippen LogP contribution is -2.29. The highest BCUT2D eigenvalue weighted by Gasteiger charge is 2.48. The third-order valence-electron chi connectivity index (χ3n) is 7.17. The van der Waals surface area contributed by atoms with Crippen LogP contribution in [0.2, 0.25) is 0 Å². The summed E-state index contributed by atoms with van der Waals surface area (Å²) in [7, 11) is 0. The van der Waals surface area contributed by atoms with Crippen LogP contribution in [0.1, 0.15) is 45.2 Å². The number of rotatable bonds is 3. The number of aromatic nitrogens is 3. The van der Waals surface area contributed by atoms with Crippen molar-refractivity contribution in [2.45, 2.75) is 40.7 Å². The molecule has 1 aliphatic heterocycles. The van der Waals surface area contributed by atoms with Crippen LogP contribution in [0.5, 0.6) is 0 Å². The highest BCUT2D eigenvalue weighted by Crippen LogP contribution is 2.45. The molecule has 6 rings (SSSR count). The Hall–Kier alpha value is -4.30. The molecular formula is C30H26N4O3S. The fourth-order valence-electron chi connectivity index (χ4n) is 5.23. The topological polar surface area (TPSA) is 87.8 Å². The first kappa shape index (κ1) is 24.1. The van der Waals surface area contributed by atoms with Crippen molar-refractivity contribution < 1.29 is 14.7 Å². The van der Waals surface area contributed by atoms with Crippen LogP contribution < -0.4 is 4.90 Å². The minimum atomic E-state index is -0.845. The summed E-state index contributed by atoms with van der Waals surface area (Å²) in [6.07, 6.45) is 1.86. The van der Waals surface area contributed by atoms with E-state index in [1.807, 2.05) is 93.7 Å². The number of pyridine rings is 1. The Morgan fingerprint density at radius 1 is 0.921 bits per heavy atom. The van der Waals surface area contributed by atoms with E-state index in [2.05, 4.69) is 4.98 Å². The molecule has 1 aliphatic rings. The second-order valence-electron chi connectivity index (χ2n) is 9.94. The molecule has 1 fully saturated rings. The van der Waals surface area contributed by atoms with Crippen molar-refractivity contribution in [2.24, 2.45) is 0 Å². The van der Waals surface area contributed by atoms with Crippen LogP contribution >= 0.6 is 11.3 Å². The lowest BCUT2D eigenvalue weighted by molar-refractivity contribution is -0.132. The van der Waals surface area contributed by atoms with Gasteiger partial charge in [0.05, 0.1) is 27.5 Å². The summed E-state index contributed by atoms with van der Waals surface area (Å²) in [5, 5.41) is 12.1. The van der Waals surface area contributed by atoms with Crippen LogP contribution in [-0.2, 0) is 9.59 Å². The zero-order chi connectivity index (χ0) is 26.9. The van der Waals surface area contributed by atoms with Crippen molar-refractivity contribution in [3.63, 3.8) is 0 Å². The Bertz CT molecular complexity index is 1830. The van der Waals surface area contributed by atoms with E-state index in [0.717, 1.165) is 32.5 Å². The second-order valence-corrected chi connectivity index (χ2v) is 10.9. The Morgan fingerprint density at radius 3 is 2.37 bits per heavy atom. The monoisotopic (exact) mass is 522 g/mol. The van der Waals surface area contributed by atoms with Crippen molar-refractivity contribution in [1.82, 2.24) is 14.4 Å². The molecule has 0 radical (unpaired) electrons. The van der Waals surface area contributed by atoms with Crippen LogP contribution in [0.4, 0.5) is 5.13 Å². The summed E-state index contributed by atoms with van der Waals surface area (Å²) in [5.41, 5.74) is 7.24. The lowest BCUT2D eigenvalue weighted by atomic mass is 9.96. The van der Waals surface area contributed by atoms with Gasteiger partial charge in [-0.25, -0.2) is 9.97 Å². The van der Waals surface area contributed by atoms with Crippen LogP contribution in [0.15, 0.2) is 60.3 Å². The first-order chi connectivity index (χ1) is 18.2. The zero-order valence-corrected chi connectivity index (χ0v) is 22.6. The summed E-state index contributed by atoms with van der Waals surface area (Å²) >= 11 is 1.37. The summed E-state index contributed by atoms with van der Waals surface area (Å²) < 4.78 is 2.81. The molecule has 1 atom stereocenters. The molecule has 190 valence electrons. The van der Waals surface area contributed by atoms with E-state index >= 15 is 0 Å². The number of anilines is 1. The average molecular weight is 523 g/mol. The predicted octanol–water partition coefficient (Wildman–Crippen LogP) is 6.11. The van der Waals surface area contributed by atoms with E-state index < -0.39 is 17.7 Å². The molecule has 0 spiro atoms. The number of thiazole rings is 1. The van der Waals surface area contributed by atoms with Gasteiger partial charge in [0.1, 0.15) is 11.3 Å². The van der Waals surface area contributed by atoms with E-state index in [-0.39, 0.29) is 17.0 Å². The number of carbonyl (C=O) groups excluding carboxylic acids is 2. The first-order valence-corrected chi connectivity index (χ1v) is 13.2. The number of carbonyl (C=O) groups is 2. The normalized spacial score (nSPS) is 17.3. The Labute approximate surface area is 223 Å². The number of aliphatic hydroxyl groups is 1. The van der Waals surface area contributed by atoms with E-state index in [4.69, 9.17) is 4.98 Å². The number of Topliss-reactive ketones (excluding diaryl/α,β-unsaturated/α-hetero) is 1. The molecule has 0 aliphatic carbocycles. The highest BCUT2D eigenvalue weighted by molar-refractivity contribution is 7.22. The number of nitrogens with zero attached hydrogens (tertiary/aromatic N) is 4. The van der Waals surface area contributed by atoms with E-state index in [9.17, 15) is 14.7 Å². The van der Waals surface area contributed by atoms with Gasteiger partial charge in [0.15, 0.2) is 10.9 Å². The van der Waals surface area contributed by atoms with Gasteiger partial charge < -0.3 is 9.51 Å². The summed E-state index contributed by atoms with van der Waals surface area (Å²) in [4.78, 5) is 38.1. The largest absolute Gasteiger partial charge is 0.505 e. The van der Waals surface area contributed by atoms with Gasteiger partial charge in [-0.15, -0.1) is 0 Å². The van der Waals surface area contributed by atoms with E-state index in [0.29, 0.717) is 22.0 Å². The third-order valence-corrected chi connectivity index (χ3v) is 8.17. The molecule has 0 saturated carbocycles. The maximum absolute atomic E-state index is 13.6. The third kappa shape index (κ3) is 3.55. The summed E-state index contributed by atoms with van der Waals surface area (Å²) in [5.74, 6) is -1.76. The molecule has 1 saturated heterocycles. The van der Waals surface area contributed by atoms with Gasteiger partial charge in [0.25, 0.3) is 5.78 Å². The van der Waals surface area contributed by atoms with Gasteiger partial charge in [-0.3, -0.25) is 14.5 Å². The van der Waals surface area contributed by atoms with Gasteiger partial charge >= 0.3 is 5.91 Å². The van der Waals surface area contributed by atoms with Crippen molar-refractivity contribution in [3.8, 4) is 0 Å². The van der Waals surface area contributed by atoms with Gasteiger partial charge in [0.2, 0.25) is 0 Å². The minimum Gasteiger partial charge on any atom is -0.505 e. The van der Waals surface area contributed by atoms with Crippen molar-refractivity contribution >= 4 is 49.8 Å². The maximum Gasteiger partial charge on any atom is 0.301 e. The number of aliphatic hydroxyl groups excluding tert-OH is 1. The molecule has 2 aromatic carbocycles. The van der Waals surface area contributed by atoms with Crippen LogP contribution in [0, 0.1) is 34.6 Å². The van der Waals surface area contributed by atoms with Crippen molar-refractivity contribution in [3.05, 3.63) is 99.5 Å². The molecule has 7 nitrogen and oxygen atoms in total. The average Bonchev–Trinajstić information content (AvgIpc) is 3.53. The number of amides is 1. The molecule has 4 heterocycles.